The maximum Gasteiger partial charge on any atom is 0.251 e. The van der Waals surface area contributed by atoms with Gasteiger partial charge in [0.2, 0.25) is 5.91 Å². The molecule has 1 saturated heterocycles. The molecule has 1 heterocycles. The molecule has 3 rings (SSSR count). The summed E-state index contributed by atoms with van der Waals surface area (Å²) in [6.07, 6.45) is 5.18. The molecular formula is C19H25ClN2O3. The summed E-state index contributed by atoms with van der Waals surface area (Å²) in [5.41, 5.74) is 0.840. The lowest BCUT2D eigenvalue weighted by atomic mass is 9.75. The van der Waals surface area contributed by atoms with Crippen LogP contribution in [0.2, 0.25) is 5.02 Å². The Morgan fingerprint density at radius 3 is 2.76 bits per heavy atom. The van der Waals surface area contributed by atoms with Crippen LogP contribution in [0.5, 0.6) is 0 Å². The summed E-state index contributed by atoms with van der Waals surface area (Å²) >= 11 is 6.26. The first-order chi connectivity index (χ1) is 12.0. The van der Waals surface area contributed by atoms with E-state index in [1.807, 2.05) is 18.2 Å². The van der Waals surface area contributed by atoms with Gasteiger partial charge >= 0.3 is 0 Å². The number of hydrogen-bond acceptors (Lipinski definition) is 3. The van der Waals surface area contributed by atoms with Crippen LogP contribution in [0, 0.1) is 5.41 Å². The van der Waals surface area contributed by atoms with Gasteiger partial charge in [-0.05, 0) is 29.9 Å². The van der Waals surface area contributed by atoms with Gasteiger partial charge in [-0.25, -0.2) is 0 Å². The zero-order valence-electron chi connectivity index (χ0n) is 14.5. The van der Waals surface area contributed by atoms with Crippen molar-refractivity contribution in [3.05, 3.63) is 34.9 Å². The number of halogens is 1. The van der Waals surface area contributed by atoms with Crippen molar-refractivity contribution < 1.29 is 14.3 Å². The minimum Gasteiger partial charge on any atom is -0.356 e. The Labute approximate surface area is 153 Å². The fourth-order valence-corrected chi connectivity index (χ4v) is 3.98. The Hall–Kier alpha value is -1.59. The van der Waals surface area contributed by atoms with Crippen molar-refractivity contribution in [2.75, 3.05) is 13.2 Å². The van der Waals surface area contributed by atoms with Gasteiger partial charge < -0.3 is 15.4 Å². The van der Waals surface area contributed by atoms with E-state index >= 15 is 0 Å². The highest BCUT2D eigenvalue weighted by atomic mass is 35.5. The second-order valence-corrected chi connectivity index (χ2v) is 7.79. The average molecular weight is 365 g/mol. The zero-order chi connectivity index (χ0) is 17.9. The third kappa shape index (κ3) is 4.33. The quantitative estimate of drug-likeness (QED) is 0.863. The Morgan fingerprint density at radius 2 is 2.04 bits per heavy atom. The molecule has 1 aromatic carbocycles. The minimum absolute atomic E-state index is 0.115. The smallest absolute Gasteiger partial charge is 0.251 e. The van der Waals surface area contributed by atoms with Crippen molar-refractivity contribution in [1.29, 1.82) is 0 Å². The molecule has 2 fully saturated rings. The monoisotopic (exact) mass is 364 g/mol. The van der Waals surface area contributed by atoms with Crippen molar-refractivity contribution in [1.82, 2.24) is 10.6 Å². The number of carbonyl (C=O) groups is 2. The normalized spacial score (nSPS) is 25.9. The highest BCUT2D eigenvalue weighted by Gasteiger charge is 2.38. The van der Waals surface area contributed by atoms with Crippen LogP contribution in [-0.2, 0) is 14.3 Å². The lowest BCUT2D eigenvalue weighted by molar-refractivity contribution is -0.148. The summed E-state index contributed by atoms with van der Waals surface area (Å²) < 4.78 is 5.56. The number of hydrogen-bond donors (Lipinski definition) is 2. The van der Waals surface area contributed by atoms with Crippen LogP contribution in [0.15, 0.2) is 24.3 Å². The van der Waals surface area contributed by atoms with Crippen molar-refractivity contribution in [2.45, 2.75) is 51.2 Å². The van der Waals surface area contributed by atoms with Crippen LogP contribution in [-0.4, -0.2) is 31.1 Å². The standard InChI is InChI=1S/C19H25ClN2O3/c1-19(9-5-2-6-10-19)12-21-18(24)17-16(22-15(23)11-25-17)13-7-3-4-8-14(13)20/h3-4,7-8,16-17H,2,5-6,9-12H2,1H3,(H,21,24)(H,22,23)/t16-,17+/m1/s1. The number of carbonyl (C=O) groups excluding carboxylic acids is 2. The van der Waals surface area contributed by atoms with E-state index in [0.29, 0.717) is 17.1 Å². The van der Waals surface area contributed by atoms with Gasteiger partial charge in [-0.2, -0.15) is 0 Å². The Kier molecular flexibility index (Phi) is 5.64. The van der Waals surface area contributed by atoms with E-state index in [9.17, 15) is 9.59 Å². The molecule has 0 bridgehead atoms. The third-order valence-electron chi connectivity index (χ3n) is 5.26. The number of ether oxygens (including phenoxy) is 1. The molecule has 0 spiro atoms. The summed E-state index contributed by atoms with van der Waals surface area (Å²) in [6.45, 7) is 2.74. The molecular weight excluding hydrogens is 340 g/mol. The molecule has 0 unspecified atom stereocenters. The van der Waals surface area contributed by atoms with Crippen molar-refractivity contribution in [3.8, 4) is 0 Å². The van der Waals surface area contributed by atoms with Crippen molar-refractivity contribution in [2.24, 2.45) is 5.41 Å². The van der Waals surface area contributed by atoms with Crippen LogP contribution in [0.4, 0.5) is 0 Å². The summed E-state index contributed by atoms with van der Waals surface area (Å²) in [5, 5.41) is 6.39. The van der Waals surface area contributed by atoms with Gasteiger partial charge in [-0.1, -0.05) is 56.0 Å². The summed E-state index contributed by atoms with van der Waals surface area (Å²) in [7, 11) is 0. The highest BCUT2D eigenvalue weighted by Crippen LogP contribution is 2.35. The molecule has 1 saturated carbocycles. The molecule has 5 nitrogen and oxygen atoms in total. The highest BCUT2D eigenvalue weighted by molar-refractivity contribution is 6.31. The van der Waals surface area contributed by atoms with Gasteiger partial charge in [0.15, 0.2) is 6.10 Å². The molecule has 1 aliphatic carbocycles. The maximum absolute atomic E-state index is 12.8. The van der Waals surface area contributed by atoms with E-state index in [4.69, 9.17) is 16.3 Å². The predicted molar refractivity (Wildman–Crippen MR) is 96.3 cm³/mol. The van der Waals surface area contributed by atoms with Crippen LogP contribution in [0.3, 0.4) is 0 Å². The topological polar surface area (TPSA) is 67.4 Å². The molecule has 136 valence electrons. The second kappa shape index (κ2) is 7.75. The van der Waals surface area contributed by atoms with E-state index in [1.165, 1.54) is 19.3 Å². The van der Waals surface area contributed by atoms with Crippen molar-refractivity contribution in [3.63, 3.8) is 0 Å². The molecule has 2 amide bonds. The number of morpholine rings is 1. The molecule has 25 heavy (non-hydrogen) atoms. The lowest BCUT2D eigenvalue weighted by Crippen LogP contribution is -2.53. The Balaban J connectivity index is 1.70. The van der Waals surface area contributed by atoms with E-state index in [0.717, 1.165) is 12.8 Å². The first kappa shape index (κ1) is 18.2. The van der Waals surface area contributed by atoms with E-state index < -0.39 is 12.1 Å². The van der Waals surface area contributed by atoms with Gasteiger partial charge in [0.05, 0.1) is 6.04 Å². The first-order valence-electron chi connectivity index (χ1n) is 8.92. The predicted octanol–water partition coefficient (Wildman–Crippen LogP) is 2.98. The van der Waals surface area contributed by atoms with Gasteiger partial charge in [-0.3, -0.25) is 9.59 Å². The van der Waals surface area contributed by atoms with Gasteiger partial charge in [0, 0.05) is 11.6 Å². The third-order valence-corrected chi connectivity index (χ3v) is 5.61. The maximum atomic E-state index is 12.8. The molecule has 2 atom stereocenters. The SMILES string of the molecule is CC1(CNC(=O)[C@H]2OCC(=O)N[C@@H]2c2ccccc2Cl)CCCCC1. The van der Waals surface area contributed by atoms with Crippen LogP contribution in [0.1, 0.15) is 50.6 Å². The fraction of sp³-hybridized carbons (Fsp3) is 0.579. The van der Waals surface area contributed by atoms with Crippen LogP contribution < -0.4 is 10.6 Å². The van der Waals surface area contributed by atoms with Crippen molar-refractivity contribution >= 4 is 23.4 Å². The molecule has 2 N–H and O–H groups in total. The lowest BCUT2D eigenvalue weighted by Gasteiger charge is -2.36. The van der Waals surface area contributed by atoms with Gasteiger partial charge in [0.25, 0.3) is 5.91 Å². The van der Waals surface area contributed by atoms with Crippen LogP contribution in [0.25, 0.3) is 0 Å². The zero-order valence-corrected chi connectivity index (χ0v) is 15.3. The first-order valence-corrected chi connectivity index (χ1v) is 9.29. The molecule has 0 radical (unpaired) electrons. The molecule has 1 aliphatic heterocycles. The minimum atomic E-state index is -0.773. The largest absolute Gasteiger partial charge is 0.356 e. The number of rotatable bonds is 4. The molecule has 6 heteroatoms. The number of amides is 2. The van der Waals surface area contributed by atoms with E-state index in [-0.39, 0.29) is 23.8 Å². The fourth-order valence-electron chi connectivity index (χ4n) is 3.73. The number of nitrogens with one attached hydrogen (secondary N) is 2. The van der Waals surface area contributed by atoms with Crippen LogP contribution >= 0.6 is 11.6 Å². The molecule has 1 aromatic rings. The van der Waals surface area contributed by atoms with Gasteiger partial charge in [-0.15, -0.1) is 0 Å². The number of benzene rings is 1. The van der Waals surface area contributed by atoms with E-state index in [2.05, 4.69) is 17.6 Å². The average Bonchev–Trinajstić information content (AvgIpc) is 2.61. The summed E-state index contributed by atoms with van der Waals surface area (Å²) in [5.74, 6) is -0.440. The van der Waals surface area contributed by atoms with Gasteiger partial charge in [0.1, 0.15) is 6.61 Å². The Bertz CT molecular complexity index is 643. The molecule has 2 aliphatic rings. The Morgan fingerprint density at radius 1 is 1.32 bits per heavy atom. The van der Waals surface area contributed by atoms with E-state index in [1.54, 1.807) is 6.07 Å². The molecule has 0 aromatic heterocycles. The summed E-state index contributed by atoms with van der Waals surface area (Å²) in [6, 6.07) is 6.63. The summed E-state index contributed by atoms with van der Waals surface area (Å²) in [4.78, 5) is 24.5. The second-order valence-electron chi connectivity index (χ2n) is 7.39.